The molecule has 6 heteroatoms. The Bertz CT molecular complexity index is 450. The van der Waals surface area contributed by atoms with Crippen LogP contribution in [0.2, 0.25) is 0 Å². The second kappa shape index (κ2) is 5.32. The highest BCUT2D eigenvalue weighted by atomic mass is 16.5. The minimum atomic E-state index is -0.976. The number of morpholine rings is 1. The highest BCUT2D eigenvalue weighted by Gasteiger charge is 2.24. The van der Waals surface area contributed by atoms with Gasteiger partial charge in [-0.05, 0) is 19.1 Å². The van der Waals surface area contributed by atoms with E-state index in [2.05, 4.69) is 4.98 Å². The Hall–Kier alpha value is -1.66. The Morgan fingerprint density at radius 2 is 2.39 bits per heavy atom. The highest BCUT2D eigenvalue weighted by molar-refractivity contribution is 5.88. The summed E-state index contributed by atoms with van der Waals surface area (Å²) in [6.07, 6.45) is 0. The van der Waals surface area contributed by atoms with Crippen LogP contribution in [0.3, 0.4) is 0 Å². The lowest BCUT2D eigenvalue weighted by Crippen LogP contribution is -2.48. The van der Waals surface area contributed by atoms with Gasteiger partial charge in [-0.15, -0.1) is 0 Å². The van der Waals surface area contributed by atoms with Crippen LogP contribution in [-0.4, -0.2) is 53.6 Å². The molecule has 0 amide bonds. The summed E-state index contributed by atoms with van der Waals surface area (Å²) in [4.78, 5) is 17.2. The third kappa shape index (κ3) is 2.60. The molecule has 0 spiro atoms. The van der Waals surface area contributed by atoms with Gasteiger partial charge in [-0.2, -0.15) is 0 Å². The summed E-state index contributed by atoms with van der Waals surface area (Å²) in [6, 6.07) is 2.89. The molecule has 18 heavy (non-hydrogen) atoms. The van der Waals surface area contributed by atoms with Gasteiger partial charge in [-0.1, -0.05) is 0 Å². The van der Waals surface area contributed by atoms with Gasteiger partial charge in [0.1, 0.15) is 5.82 Å². The van der Waals surface area contributed by atoms with Crippen LogP contribution in [0.25, 0.3) is 0 Å². The maximum atomic E-state index is 11.0. The Kier molecular flexibility index (Phi) is 3.78. The van der Waals surface area contributed by atoms with E-state index in [0.29, 0.717) is 31.3 Å². The summed E-state index contributed by atoms with van der Waals surface area (Å²) in [5.74, 6) is -0.398. The first-order valence-corrected chi connectivity index (χ1v) is 5.79. The standard InChI is InChI=1S/C12H16N2O4/c1-8-4-9(12(16)17)5-11(13-8)14-2-3-18-7-10(14)6-15/h4-5,10,15H,2-3,6-7H2,1H3,(H,16,17). The summed E-state index contributed by atoms with van der Waals surface area (Å²) in [7, 11) is 0. The van der Waals surface area contributed by atoms with E-state index in [4.69, 9.17) is 9.84 Å². The van der Waals surface area contributed by atoms with Crippen molar-refractivity contribution in [1.29, 1.82) is 0 Å². The van der Waals surface area contributed by atoms with E-state index in [0.717, 1.165) is 0 Å². The molecule has 1 fully saturated rings. The minimum absolute atomic E-state index is 0.0436. The first-order chi connectivity index (χ1) is 8.61. The monoisotopic (exact) mass is 252 g/mol. The first kappa shape index (κ1) is 12.8. The van der Waals surface area contributed by atoms with Gasteiger partial charge in [0.15, 0.2) is 0 Å². The van der Waals surface area contributed by atoms with Crippen molar-refractivity contribution in [1.82, 2.24) is 4.98 Å². The van der Waals surface area contributed by atoms with E-state index in [9.17, 15) is 9.90 Å². The minimum Gasteiger partial charge on any atom is -0.478 e. The number of aliphatic hydroxyl groups excluding tert-OH is 1. The first-order valence-electron chi connectivity index (χ1n) is 5.79. The Labute approximate surface area is 105 Å². The fraction of sp³-hybridized carbons (Fsp3) is 0.500. The molecule has 1 aromatic heterocycles. The molecule has 1 aliphatic heterocycles. The molecule has 1 aromatic rings. The fourth-order valence-corrected chi connectivity index (χ4v) is 2.03. The average Bonchev–Trinajstić information content (AvgIpc) is 2.38. The zero-order valence-electron chi connectivity index (χ0n) is 10.2. The lowest BCUT2D eigenvalue weighted by atomic mass is 10.2. The number of ether oxygens (including phenoxy) is 1. The SMILES string of the molecule is Cc1cc(C(=O)O)cc(N2CCOCC2CO)n1. The van der Waals surface area contributed by atoms with E-state index in [1.54, 1.807) is 6.92 Å². The maximum Gasteiger partial charge on any atom is 0.335 e. The number of carbonyl (C=O) groups is 1. The zero-order chi connectivity index (χ0) is 13.1. The lowest BCUT2D eigenvalue weighted by molar-refractivity contribution is 0.0695. The zero-order valence-corrected chi connectivity index (χ0v) is 10.2. The quantitative estimate of drug-likeness (QED) is 0.804. The number of hydrogen-bond donors (Lipinski definition) is 2. The lowest BCUT2D eigenvalue weighted by Gasteiger charge is -2.35. The normalized spacial score (nSPS) is 19.9. The van der Waals surface area contributed by atoms with Crippen LogP contribution in [0.1, 0.15) is 16.1 Å². The van der Waals surface area contributed by atoms with E-state index in [1.165, 1.54) is 12.1 Å². The molecule has 1 unspecified atom stereocenters. The van der Waals surface area contributed by atoms with Crippen LogP contribution in [0, 0.1) is 6.92 Å². The van der Waals surface area contributed by atoms with Gasteiger partial charge in [0.25, 0.3) is 0 Å². The number of aromatic nitrogens is 1. The number of hydrogen-bond acceptors (Lipinski definition) is 5. The fourth-order valence-electron chi connectivity index (χ4n) is 2.03. The number of aromatic carboxylic acids is 1. The van der Waals surface area contributed by atoms with E-state index < -0.39 is 5.97 Å². The van der Waals surface area contributed by atoms with Gasteiger partial charge in [0.05, 0.1) is 31.4 Å². The molecule has 0 radical (unpaired) electrons. The molecule has 1 atom stereocenters. The van der Waals surface area contributed by atoms with Gasteiger partial charge < -0.3 is 19.8 Å². The molecule has 6 nitrogen and oxygen atoms in total. The Morgan fingerprint density at radius 3 is 3.06 bits per heavy atom. The molecule has 0 aromatic carbocycles. The maximum absolute atomic E-state index is 11.0. The van der Waals surface area contributed by atoms with Crippen molar-refractivity contribution in [3.63, 3.8) is 0 Å². The van der Waals surface area contributed by atoms with E-state index in [-0.39, 0.29) is 18.2 Å². The third-order valence-electron chi connectivity index (χ3n) is 2.92. The number of anilines is 1. The van der Waals surface area contributed by atoms with Gasteiger partial charge in [-0.25, -0.2) is 9.78 Å². The van der Waals surface area contributed by atoms with Crippen LogP contribution in [-0.2, 0) is 4.74 Å². The number of aliphatic hydroxyl groups is 1. The van der Waals surface area contributed by atoms with Crippen molar-refractivity contribution in [2.24, 2.45) is 0 Å². The van der Waals surface area contributed by atoms with E-state index in [1.807, 2.05) is 4.90 Å². The summed E-state index contributed by atoms with van der Waals surface area (Å²) < 4.78 is 5.29. The largest absolute Gasteiger partial charge is 0.478 e. The summed E-state index contributed by atoms with van der Waals surface area (Å²) in [6.45, 7) is 3.28. The molecule has 1 aliphatic rings. The smallest absolute Gasteiger partial charge is 0.335 e. The predicted molar refractivity (Wildman–Crippen MR) is 65.0 cm³/mol. The molecule has 2 heterocycles. The molecule has 2 N–H and O–H groups in total. The molecule has 0 bridgehead atoms. The Morgan fingerprint density at radius 1 is 1.61 bits per heavy atom. The van der Waals surface area contributed by atoms with Crippen molar-refractivity contribution in [3.05, 3.63) is 23.4 Å². The van der Waals surface area contributed by atoms with Crippen molar-refractivity contribution in [2.75, 3.05) is 31.3 Å². The molecular weight excluding hydrogens is 236 g/mol. The number of nitrogens with zero attached hydrogens (tertiary/aromatic N) is 2. The van der Waals surface area contributed by atoms with Gasteiger partial charge >= 0.3 is 5.97 Å². The summed E-state index contributed by atoms with van der Waals surface area (Å²) in [5.41, 5.74) is 0.855. The molecular formula is C12H16N2O4. The number of carboxylic acid groups (broad SMARTS) is 1. The van der Waals surface area contributed by atoms with Crippen molar-refractivity contribution in [3.8, 4) is 0 Å². The number of pyridine rings is 1. The second-order valence-electron chi connectivity index (χ2n) is 4.27. The second-order valence-corrected chi connectivity index (χ2v) is 4.27. The molecule has 0 aliphatic carbocycles. The van der Waals surface area contributed by atoms with Gasteiger partial charge in [-0.3, -0.25) is 0 Å². The number of aryl methyl sites for hydroxylation is 1. The van der Waals surface area contributed by atoms with Gasteiger partial charge in [0.2, 0.25) is 0 Å². The topological polar surface area (TPSA) is 82.9 Å². The number of carboxylic acids is 1. The van der Waals surface area contributed by atoms with Crippen molar-refractivity contribution >= 4 is 11.8 Å². The van der Waals surface area contributed by atoms with Crippen LogP contribution in [0.5, 0.6) is 0 Å². The predicted octanol–water partition coefficient (Wildman–Crippen LogP) is 0.286. The van der Waals surface area contributed by atoms with E-state index >= 15 is 0 Å². The van der Waals surface area contributed by atoms with Crippen molar-refractivity contribution < 1.29 is 19.7 Å². The van der Waals surface area contributed by atoms with Crippen LogP contribution >= 0.6 is 0 Å². The summed E-state index contributed by atoms with van der Waals surface area (Å²) >= 11 is 0. The number of rotatable bonds is 3. The highest BCUT2D eigenvalue weighted by Crippen LogP contribution is 2.19. The molecule has 98 valence electrons. The molecule has 2 rings (SSSR count). The van der Waals surface area contributed by atoms with Crippen molar-refractivity contribution in [2.45, 2.75) is 13.0 Å². The van der Waals surface area contributed by atoms with Crippen LogP contribution in [0.15, 0.2) is 12.1 Å². The molecule has 1 saturated heterocycles. The molecule has 0 saturated carbocycles. The van der Waals surface area contributed by atoms with Crippen LogP contribution in [0.4, 0.5) is 5.82 Å². The van der Waals surface area contributed by atoms with Gasteiger partial charge in [0, 0.05) is 12.2 Å². The third-order valence-corrected chi connectivity index (χ3v) is 2.92. The average molecular weight is 252 g/mol. The summed E-state index contributed by atoms with van der Waals surface area (Å²) in [5, 5.41) is 18.3. The Balaban J connectivity index is 2.33. The van der Waals surface area contributed by atoms with Crippen LogP contribution < -0.4 is 4.90 Å².